The van der Waals surface area contributed by atoms with Gasteiger partial charge in [0.1, 0.15) is 5.75 Å². The lowest BCUT2D eigenvalue weighted by molar-refractivity contribution is 0.309. The van der Waals surface area contributed by atoms with Crippen LogP contribution in [0.1, 0.15) is 32.3 Å². The van der Waals surface area contributed by atoms with E-state index in [0.717, 1.165) is 37.2 Å². The quantitative estimate of drug-likeness (QED) is 0.775. The lowest BCUT2D eigenvalue weighted by Crippen LogP contribution is -2.17. The molecule has 1 aromatic rings. The molecule has 0 fully saturated rings. The van der Waals surface area contributed by atoms with Gasteiger partial charge in [-0.25, -0.2) is 0 Å². The minimum absolute atomic E-state index is 0.155. The Kier molecular flexibility index (Phi) is 5.64. The fraction of sp³-hybridized carbons (Fsp3) is 0.538. The molecular weight excluding hydrogens is 222 g/mol. The highest BCUT2D eigenvalue weighted by molar-refractivity contribution is 6.32. The average Bonchev–Trinajstić information content (AvgIpc) is 2.20. The summed E-state index contributed by atoms with van der Waals surface area (Å²) in [4.78, 5) is 0. The molecule has 1 atom stereocenters. The highest BCUT2D eigenvalue weighted by atomic mass is 35.5. The van der Waals surface area contributed by atoms with Crippen molar-refractivity contribution in [2.45, 2.75) is 39.2 Å². The minimum atomic E-state index is 0.155. The predicted octanol–water partition coefficient (Wildman–Crippen LogP) is 3.41. The smallest absolute Gasteiger partial charge is 0.137 e. The number of nitrogens with two attached hydrogens (primary N) is 1. The summed E-state index contributed by atoms with van der Waals surface area (Å²) in [7, 11) is 0. The summed E-state index contributed by atoms with van der Waals surface area (Å²) in [6.45, 7) is 4.85. The van der Waals surface area contributed by atoms with Crippen molar-refractivity contribution in [1.82, 2.24) is 0 Å². The predicted molar refractivity (Wildman–Crippen MR) is 69.2 cm³/mol. The molecule has 0 saturated carbocycles. The van der Waals surface area contributed by atoms with Crippen LogP contribution in [0.2, 0.25) is 5.02 Å². The molecule has 1 unspecified atom stereocenters. The van der Waals surface area contributed by atoms with Crippen LogP contribution in [-0.2, 0) is 6.42 Å². The van der Waals surface area contributed by atoms with Gasteiger partial charge in [0.2, 0.25) is 0 Å². The molecular formula is C13H20ClNO. The summed E-state index contributed by atoms with van der Waals surface area (Å²) in [5.74, 6) is 0.767. The third kappa shape index (κ3) is 4.42. The van der Waals surface area contributed by atoms with Gasteiger partial charge in [0.15, 0.2) is 0 Å². The molecule has 0 radical (unpaired) electrons. The van der Waals surface area contributed by atoms with Crippen molar-refractivity contribution in [3.8, 4) is 5.75 Å². The highest BCUT2D eigenvalue weighted by Crippen LogP contribution is 2.26. The summed E-state index contributed by atoms with van der Waals surface area (Å²) < 4.78 is 5.57. The van der Waals surface area contributed by atoms with Gasteiger partial charge in [-0.2, -0.15) is 0 Å². The van der Waals surface area contributed by atoms with Crippen molar-refractivity contribution in [3.05, 3.63) is 28.8 Å². The first-order chi connectivity index (χ1) is 7.63. The molecule has 3 heteroatoms. The maximum Gasteiger partial charge on any atom is 0.137 e. The number of halogens is 1. The van der Waals surface area contributed by atoms with E-state index in [-0.39, 0.29) is 6.04 Å². The van der Waals surface area contributed by atoms with Crippen molar-refractivity contribution in [1.29, 1.82) is 0 Å². The largest absolute Gasteiger partial charge is 0.492 e. The van der Waals surface area contributed by atoms with Crippen LogP contribution >= 0.6 is 11.6 Å². The van der Waals surface area contributed by atoms with E-state index >= 15 is 0 Å². The third-order valence-electron chi connectivity index (χ3n) is 2.31. The van der Waals surface area contributed by atoms with Crippen LogP contribution in [0.3, 0.4) is 0 Å². The van der Waals surface area contributed by atoms with E-state index in [1.807, 2.05) is 25.1 Å². The SMILES string of the molecule is CCCCOc1ccc(CC(C)N)cc1Cl. The molecule has 1 rings (SSSR count). The van der Waals surface area contributed by atoms with Gasteiger partial charge >= 0.3 is 0 Å². The van der Waals surface area contributed by atoms with Crippen LogP contribution in [0, 0.1) is 0 Å². The molecule has 1 aromatic carbocycles. The molecule has 0 aromatic heterocycles. The topological polar surface area (TPSA) is 35.2 Å². The van der Waals surface area contributed by atoms with Crippen LogP contribution in [0.25, 0.3) is 0 Å². The van der Waals surface area contributed by atoms with Gasteiger partial charge in [-0.1, -0.05) is 31.0 Å². The first-order valence-corrected chi connectivity index (χ1v) is 6.18. The highest BCUT2D eigenvalue weighted by Gasteiger charge is 2.04. The van der Waals surface area contributed by atoms with Crippen LogP contribution in [-0.4, -0.2) is 12.6 Å². The Hall–Kier alpha value is -0.730. The Morgan fingerprint density at radius 2 is 2.19 bits per heavy atom. The second-order valence-electron chi connectivity index (χ2n) is 4.15. The third-order valence-corrected chi connectivity index (χ3v) is 2.60. The number of ether oxygens (including phenoxy) is 1. The van der Waals surface area contributed by atoms with E-state index in [1.165, 1.54) is 0 Å². The second kappa shape index (κ2) is 6.77. The van der Waals surface area contributed by atoms with Gasteiger partial charge in [-0.05, 0) is 37.5 Å². The first kappa shape index (κ1) is 13.3. The van der Waals surface area contributed by atoms with Gasteiger partial charge in [-0.15, -0.1) is 0 Å². The van der Waals surface area contributed by atoms with Crippen molar-refractivity contribution < 1.29 is 4.74 Å². The normalized spacial score (nSPS) is 12.5. The van der Waals surface area contributed by atoms with E-state index in [0.29, 0.717) is 5.02 Å². The molecule has 0 spiro atoms. The van der Waals surface area contributed by atoms with E-state index < -0.39 is 0 Å². The maximum absolute atomic E-state index is 6.13. The van der Waals surface area contributed by atoms with Gasteiger partial charge in [-0.3, -0.25) is 0 Å². The Balaban J connectivity index is 2.60. The lowest BCUT2D eigenvalue weighted by atomic mass is 10.1. The molecule has 16 heavy (non-hydrogen) atoms. The summed E-state index contributed by atoms with van der Waals surface area (Å²) in [6, 6.07) is 6.04. The maximum atomic E-state index is 6.13. The molecule has 0 aliphatic carbocycles. The fourth-order valence-electron chi connectivity index (χ4n) is 1.49. The Bertz CT molecular complexity index is 326. The van der Waals surface area contributed by atoms with E-state index in [2.05, 4.69) is 6.92 Å². The van der Waals surface area contributed by atoms with Crippen molar-refractivity contribution in [2.75, 3.05) is 6.61 Å². The summed E-state index contributed by atoms with van der Waals surface area (Å²) in [5.41, 5.74) is 6.89. The monoisotopic (exact) mass is 241 g/mol. The molecule has 0 aliphatic rings. The number of benzene rings is 1. The number of unbranched alkanes of at least 4 members (excludes halogenated alkanes) is 1. The van der Waals surface area contributed by atoms with Crippen LogP contribution in [0.4, 0.5) is 0 Å². The zero-order chi connectivity index (χ0) is 12.0. The molecule has 90 valence electrons. The number of hydrogen-bond donors (Lipinski definition) is 1. The van der Waals surface area contributed by atoms with Gasteiger partial charge in [0, 0.05) is 6.04 Å². The molecule has 2 N–H and O–H groups in total. The van der Waals surface area contributed by atoms with Crippen LogP contribution in [0.5, 0.6) is 5.75 Å². The molecule has 0 heterocycles. The number of rotatable bonds is 6. The number of hydrogen-bond acceptors (Lipinski definition) is 2. The van der Waals surface area contributed by atoms with Gasteiger partial charge in [0.25, 0.3) is 0 Å². The lowest BCUT2D eigenvalue weighted by Gasteiger charge is -2.10. The average molecular weight is 242 g/mol. The van der Waals surface area contributed by atoms with Gasteiger partial charge < -0.3 is 10.5 Å². The molecule has 0 saturated heterocycles. The Morgan fingerprint density at radius 1 is 1.44 bits per heavy atom. The van der Waals surface area contributed by atoms with E-state index in [4.69, 9.17) is 22.1 Å². The molecule has 0 amide bonds. The van der Waals surface area contributed by atoms with E-state index in [9.17, 15) is 0 Å². The zero-order valence-corrected chi connectivity index (χ0v) is 10.8. The molecule has 0 bridgehead atoms. The van der Waals surface area contributed by atoms with Crippen molar-refractivity contribution in [2.24, 2.45) is 5.73 Å². The fourth-order valence-corrected chi connectivity index (χ4v) is 1.74. The minimum Gasteiger partial charge on any atom is -0.492 e. The standard InChI is InChI=1S/C13H20ClNO/c1-3-4-7-16-13-6-5-11(8-10(2)15)9-12(13)14/h5-6,9-10H,3-4,7-8,15H2,1-2H3. The van der Waals surface area contributed by atoms with E-state index in [1.54, 1.807) is 0 Å². The Labute approximate surface area is 103 Å². The van der Waals surface area contributed by atoms with Gasteiger partial charge in [0.05, 0.1) is 11.6 Å². The first-order valence-electron chi connectivity index (χ1n) is 5.80. The summed E-state index contributed by atoms with van der Waals surface area (Å²) in [6.07, 6.45) is 3.02. The molecule has 0 aliphatic heterocycles. The molecule has 2 nitrogen and oxygen atoms in total. The summed E-state index contributed by atoms with van der Waals surface area (Å²) >= 11 is 6.13. The second-order valence-corrected chi connectivity index (χ2v) is 4.56. The van der Waals surface area contributed by atoms with Crippen molar-refractivity contribution >= 4 is 11.6 Å². The van der Waals surface area contributed by atoms with Crippen molar-refractivity contribution in [3.63, 3.8) is 0 Å². The Morgan fingerprint density at radius 3 is 2.75 bits per heavy atom. The van der Waals surface area contributed by atoms with Crippen LogP contribution in [0.15, 0.2) is 18.2 Å². The zero-order valence-electron chi connectivity index (χ0n) is 10.0. The van der Waals surface area contributed by atoms with Crippen LogP contribution < -0.4 is 10.5 Å². The summed E-state index contributed by atoms with van der Waals surface area (Å²) in [5, 5.41) is 0.675.